The molecule has 3 aromatic heterocycles. The summed E-state index contributed by atoms with van der Waals surface area (Å²) in [6, 6.07) is 13.8. The number of rotatable bonds is 4. The largest absolute Gasteiger partial charge is 0.265 e. The number of benzene rings is 1. The van der Waals surface area contributed by atoms with Gasteiger partial charge < -0.3 is 0 Å². The topological polar surface area (TPSA) is 76.7 Å². The molecular formula is C18H15N7S. The zero-order valence-electron chi connectivity index (χ0n) is 13.9. The van der Waals surface area contributed by atoms with Gasteiger partial charge in [-0.2, -0.15) is 20.0 Å². The average Bonchev–Trinajstić information content (AvgIpc) is 3.25. The maximum atomic E-state index is 5.20. The molecule has 0 aliphatic heterocycles. The van der Waals surface area contributed by atoms with Gasteiger partial charge in [0.2, 0.25) is 4.77 Å². The highest BCUT2D eigenvalue weighted by Crippen LogP contribution is 2.22. The molecule has 0 bridgehead atoms. The Labute approximate surface area is 154 Å². The fraction of sp³-hybridized carbons (Fsp3) is 0.0556. The molecule has 0 aliphatic carbocycles. The van der Waals surface area contributed by atoms with Crippen molar-refractivity contribution in [3.8, 4) is 16.9 Å². The first kappa shape index (κ1) is 16.1. The van der Waals surface area contributed by atoms with Gasteiger partial charge in [-0.25, -0.2) is 4.68 Å². The van der Waals surface area contributed by atoms with Gasteiger partial charge in [0.1, 0.15) is 11.5 Å². The van der Waals surface area contributed by atoms with E-state index in [1.54, 1.807) is 23.3 Å². The summed E-state index contributed by atoms with van der Waals surface area (Å²) in [5, 5.41) is 16.0. The maximum Gasteiger partial charge on any atom is 0.216 e. The minimum Gasteiger partial charge on any atom is -0.265 e. The summed E-state index contributed by atoms with van der Waals surface area (Å²) in [4.78, 5) is 4.08. The lowest BCUT2D eigenvalue weighted by atomic mass is 10.1. The van der Waals surface area contributed by atoms with Gasteiger partial charge in [0.15, 0.2) is 0 Å². The van der Waals surface area contributed by atoms with Crippen LogP contribution < -0.4 is 0 Å². The smallest absolute Gasteiger partial charge is 0.216 e. The van der Waals surface area contributed by atoms with E-state index in [2.05, 4.69) is 20.3 Å². The predicted octanol–water partition coefficient (Wildman–Crippen LogP) is 3.38. The van der Waals surface area contributed by atoms with Crippen LogP contribution in [0.4, 0.5) is 0 Å². The lowest BCUT2D eigenvalue weighted by Crippen LogP contribution is -1.94. The van der Waals surface area contributed by atoms with Gasteiger partial charge in [0.25, 0.3) is 0 Å². The second-order valence-corrected chi connectivity index (χ2v) is 5.97. The SMILES string of the molecule is Cc1n[nH]c(=S)n1/N=C\c1cn(-c2ccccc2)nc1-c1ccncc1. The second kappa shape index (κ2) is 6.85. The highest BCUT2D eigenvalue weighted by Gasteiger charge is 2.11. The molecule has 0 atom stereocenters. The van der Waals surface area contributed by atoms with E-state index in [1.165, 1.54) is 0 Å². The van der Waals surface area contributed by atoms with Gasteiger partial charge in [-0.1, -0.05) is 18.2 Å². The Balaban J connectivity index is 1.82. The monoisotopic (exact) mass is 361 g/mol. The summed E-state index contributed by atoms with van der Waals surface area (Å²) in [5.74, 6) is 0.687. The molecule has 8 heteroatoms. The lowest BCUT2D eigenvalue weighted by molar-refractivity contribution is 0.821. The summed E-state index contributed by atoms with van der Waals surface area (Å²) >= 11 is 5.20. The van der Waals surface area contributed by atoms with Gasteiger partial charge >= 0.3 is 0 Å². The Morgan fingerprint density at radius 1 is 1.12 bits per heavy atom. The molecule has 3 heterocycles. The van der Waals surface area contributed by atoms with E-state index in [-0.39, 0.29) is 0 Å². The molecule has 0 unspecified atom stereocenters. The van der Waals surface area contributed by atoms with Crippen molar-refractivity contribution < 1.29 is 0 Å². The van der Waals surface area contributed by atoms with Crippen molar-refractivity contribution in [2.45, 2.75) is 6.92 Å². The zero-order valence-corrected chi connectivity index (χ0v) is 14.8. The standard InChI is InChI=1S/C18H15N7S/c1-13-21-22-18(26)25(13)20-11-15-12-24(16-5-3-2-4-6-16)23-17(15)14-7-9-19-10-8-14/h2-12H,1H3,(H,22,26)/b20-11-. The van der Waals surface area contributed by atoms with E-state index in [4.69, 9.17) is 17.3 Å². The van der Waals surface area contributed by atoms with Crippen LogP contribution >= 0.6 is 12.2 Å². The molecule has 128 valence electrons. The maximum absolute atomic E-state index is 5.20. The molecule has 0 aliphatic rings. The molecule has 4 rings (SSSR count). The third-order valence-electron chi connectivity index (χ3n) is 3.84. The number of hydrogen-bond acceptors (Lipinski definition) is 5. The van der Waals surface area contributed by atoms with Crippen LogP contribution in [-0.2, 0) is 0 Å². The number of para-hydroxylation sites is 1. The number of H-pyrrole nitrogens is 1. The Morgan fingerprint density at radius 2 is 1.88 bits per heavy atom. The van der Waals surface area contributed by atoms with Gasteiger partial charge in [-0.3, -0.25) is 10.1 Å². The summed E-state index contributed by atoms with van der Waals surface area (Å²) in [6.07, 6.45) is 7.16. The highest BCUT2D eigenvalue weighted by atomic mass is 32.1. The molecule has 0 spiro atoms. The van der Waals surface area contributed by atoms with Gasteiger partial charge in [0.05, 0.1) is 11.9 Å². The third-order valence-corrected chi connectivity index (χ3v) is 4.11. The molecule has 0 fully saturated rings. The van der Waals surface area contributed by atoms with Gasteiger partial charge in [-0.05, 0) is 43.4 Å². The van der Waals surface area contributed by atoms with E-state index in [9.17, 15) is 0 Å². The summed E-state index contributed by atoms with van der Waals surface area (Å²) in [5.41, 5.74) is 3.61. The summed E-state index contributed by atoms with van der Waals surface area (Å²) < 4.78 is 3.85. The number of nitrogens with one attached hydrogen (secondary N) is 1. The highest BCUT2D eigenvalue weighted by molar-refractivity contribution is 7.71. The number of nitrogens with zero attached hydrogens (tertiary/aromatic N) is 6. The molecule has 0 saturated carbocycles. The fourth-order valence-electron chi connectivity index (χ4n) is 2.56. The van der Waals surface area contributed by atoms with Crippen LogP contribution in [0, 0.1) is 11.7 Å². The number of hydrogen-bond donors (Lipinski definition) is 1. The summed E-state index contributed by atoms with van der Waals surface area (Å²) in [7, 11) is 0. The molecule has 1 N–H and O–H groups in total. The van der Waals surface area contributed by atoms with Crippen molar-refractivity contribution in [2.75, 3.05) is 0 Å². The van der Waals surface area contributed by atoms with Crippen LogP contribution in [0.15, 0.2) is 66.2 Å². The number of aryl methyl sites for hydroxylation is 1. The van der Waals surface area contributed by atoms with Crippen molar-refractivity contribution in [3.05, 3.63) is 77.2 Å². The molecule has 0 radical (unpaired) electrons. The van der Waals surface area contributed by atoms with Crippen molar-refractivity contribution in [1.82, 2.24) is 29.6 Å². The Kier molecular flexibility index (Phi) is 4.24. The first-order valence-corrected chi connectivity index (χ1v) is 8.37. The average molecular weight is 361 g/mol. The number of pyridine rings is 1. The second-order valence-electron chi connectivity index (χ2n) is 5.58. The van der Waals surface area contributed by atoms with E-state index in [0.717, 1.165) is 22.5 Å². The van der Waals surface area contributed by atoms with Crippen molar-refractivity contribution in [1.29, 1.82) is 0 Å². The van der Waals surface area contributed by atoms with Crippen LogP contribution in [-0.4, -0.2) is 35.9 Å². The Hall–Kier alpha value is -3.39. The lowest BCUT2D eigenvalue weighted by Gasteiger charge is -2.00. The molecule has 1 aromatic carbocycles. The molecular weight excluding hydrogens is 346 g/mol. The van der Waals surface area contributed by atoms with Crippen molar-refractivity contribution in [2.24, 2.45) is 5.10 Å². The van der Waals surface area contributed by atoms with E-state index >= 15 is 0 Å². The van der Waals surface area contributed by atoms with Crippen molar-refractivity contribution in [3.63, 3.8) is 0 Å². The van der Waals surface area contributed by atoms with E-state index in [0.29, 0.717) is 10.6 Å². The zero-order chi connectivity index (χ0) is 17.9. The molecule has 0 saturated heterocycles. The van der Waals surface area contributed by atoms with Crippen LogP contribution in [0.1, 0.15) is 11.4 Å². The molecule has 26 heavy (non-hydrogen) atoms. The van der Waals surface area contributed by atoms with Gasteiger partial charge in [-0.15, -0.1) is 0 Å². The third kappa shape index (κ3) is 3.09. The van der Waals surface area contributed by atoms with Crippen LogP contribution in [0.25, 0.3) is 16.9 Å². The van der Waals surface area contributed by atoms with E-state index < -0.39 is 0 Å². The van der Waals surface area contributed by atoms with Gasteiger partial charge in [0, 0.05) is 29.7 Å². The minimum atomic E-state index is 0.444. The number of aromatic nitrogens is 6. The quantitative estimate of drug-likeness (QED) is 0.446. The minimum absolute atomic E-state index is 0.444. The Morgan fingerprint density at radius 3 is 2.58 bits per heavy atom. The Bertz CT molecular complexity index is 1110. The van der Waals surface area contributed by atoms with Crippen LogP contribution in [0.5, 0.6) is 0 Å². The molecule has 7 nitrogen and oxygen atoms in total. The van der Waals surface area contributed by atoms with Crippen molar-refractivity contribution >= 4 is 18.4 Å². The number of aromatic amines is 1. The first-order chi connectivity index (χ1) is 12.7. The summed E-state index contributed by atoms with van der Waals surface area (Å²) in [6.45, 7) is 1.83. The molecule has 4 aromatic rings. The van der Waals surface area contributed by atoms with E-state index in [1.807, 2.05) is 60.3 Å². The van der Waals surface area contributed by atoms with Crippen LogP contribution in [0.3, 0.4) is 0 Å². The van der Waals surface area contributed by atoms with Crippen LogP contribution in [0.2, 0.25) is 0 Å². The first-order valence-electron chi connectivity index (χ1n) is 7.96. The predicted molar refractivity (Wildman–Crippen MR) is 102 cm³/mol. The fourth-order valence-corrected chi connectivity index (χ4v) is 2.78. The normalized spacial score (nSPS) is 11.3. The molecule has 0 amide bonds.